The van der Waals surface area contributed by atoms with Crippen molar-refractivity contribution in [2.45, 2.75) is 18.8 Å². The normalized spacial score (nSPS) is 16.6. The van der Waals surface area contributed by atoms with Gasteiger partial charge >= 0.3 is 0 Å². The van der Waals surface area contributed by atoms with Crippen LogP contribution in [0.4, 0.5) is 0 Å². The number of hydrogen-bond acceptors (Lipinski definition) is 2. The van der Waals surface area contributed by atoms with Crippen molar-refractivity contribution in [3.05, 3.63) is 167 Å². The molecule has 1 unspecified atom stereocenters. The van der Waals surface area contributed by atoms with Crippen LogP contribution >= 0.6 is 0 Å². The molecule has 1 aliphatic carbocycles. The van der Waals surface area contributed by atoms with Crippen LogP contribution in [-0.2, 0) is 5.41 Å². The molecule has 1 atom stereocenters. The molecule has 43 heavy (non-hydrogen) atoms. The van der Waals surface area contributed by atoms with Gasteiger partial charge in [-0.2, -0.15) is 0 Å². The Morgan fingerprint density at radius 3 is 2.00 bits per heavy atom. The number of nitrogens with zero attached hydrogens (tertiary/aromatic N) is 3. The molecule has 206 valence electrons. The molecule has 0 aliphatic heterocycles. The van der Waals surface area contributed by atoms with Crippen molar-refractivity contribution >= 4 is 38.3 Å². The van der Waals surface area contributed by atoms with Gasteiger partial charge in [0.15, 0.2) is 0 Å². The van der Waals surface area contributed by atoms with E-state index in [0.29, 0.717) is 5.39 Å². The lowest BCUT2D eigenvalue weighted by Gasteiger charge is -2.30. The van der Waals surface area contributed by atoms with Gasteiger partial charge in [0.25, 0.3) is 5.56 Å². The van der Waals surface area contributed by atoms with Crippen molar-refractivity contribution in [1.29, 1.82) is 0 Å². The highest BCUT2D eigenvalue weighted by atomic mass is 16.1. The van der Waals surface area contributed by atoms with Gasteiger partial charge in [0.2, 0.25) is 0 Å². The Bertz CT molecular complexity index is 2290. The molecule has 4 heteroatoms. The molecule has 0 spiro atoms. The van der Waals surface area contributed by atoms with Gasteiger partial charge in [0.1, 0.15) is 5.82 Å². The summed E-state index contributed by atoms with van der Waals surface area (Å²) >= 11 is 0. The van der Waals surface area contributed by atoms with E-state index in [-0.39, 0.29) is 5.56 Å². The summed E-state index contributed by atoms with van der Waals surface area (Å²) < 4.78 is 4.13. The predicted molar refractivity (Wildman–Crippen MR) is 177 cm³/mol. The van der Waals surface area contributed by atoms with Crippen molar-refractivity contribution in [1.82, 2.24) is 14.1 Å². The second-order valence-corrected chi connectivity index (χ2v) is 11.5. The fourth-order valence-electron chi connectivity index (χ4n) is 6.45. The lowest BCUT2D eigenvalue weighted by Crippen LogP contribution is -2.33. The van der Waals surface area contributed by atoms with Crippen LogP contribution in [-0.4, -0.2) is 14.1 Å². The molecule has 1 aliphatic rings. The molecule has 0 radical (unpaired) electrons. The van der Waals surface area contributed by atoms with Crippen LogP contribution in [0.15, 0.2) is 150 Å². The third kappa shape index (κ3) is 4.06. The summed E-state index contributed by atoms with van der Waals surface area (Å²) in [6.45, 7) is 2.17. The van der Waals surface area contributed by atoms with Crippen LogP contribution in [0.25, 0.3) is 49.7 Å². The van der Waals surface area contributed by atoms with Crippen molar-refractivity contribution < 1.29 is 0 Å². The smallest absolute Gasteiger partial charge is 0.265 e. The number of allylic oxidation sites excluding steroid dienone is 4. The molecule has 4 nitrogen and oxygen atoms in total. The minimum atomic E-state index is -0.462. The lowest BCUT2D eigenvalue weighted by molar-refractivity contribution is 0.538. The highest BCUT2D eigenvalue weighted by Crippen LogP contribution is 2.38. The Morgan fingerprint density at radius 1 is 0.651 bits per heavy atom. The SMILES string of the molecule is CC1(c2nc3ccccc3c(=O)n2-c2ccccc2)C=CC(c2ccc3c(c2)c2ccccc2n3-c2ccccc2)=CC1. The zero-order valence-corrected chi connectivity index (χ0v) is 23.8. The molecule has 8 rings (SSSR count). The van der Waals surface area contributed by atoms with E-state index in [1.807, 2.05) is 54.6 Å². The molecule has 7 aromatic rings. The second-order valence-electron chi connectivity index (χ2n) is 11.5. The molecular weight excluding hydrogens is 526 g/mol. The fourth-order valence-corrected chi connectivity index (χ4v) is 6.45. The minimum absolute atomic E-state index is 0.0449. The largest absolute Gasteiger partial charge is 0.309 e. The Hall–Kier alpha value is -5.48. The molecule has 0 bridgehead atoms. The van der Waals surface area contributed by atoms with Gasteiger partial charge in [-0.25, -0.2) is 4.98 Å². The zero-order valence-electron chi connectivity index (χ0n) is 23.8. The summed E-state index contributed by atoms with van der Waals surface area (Å²) in [6, 6.07) is 43.3. The van der Waals surface area contributed by atoms with Crippen molar-refractivity contribution in [2.75, 3.05) is 0 Å². The van der Waals surface area contributed by atoms with E-state index in [9.17, 15) is 4.79 Å². The Balaban J connectivity index is 1.23. The summed E-state index contributed by atoms with van der Waals surface area (Å²) in [5, 5.41) is 3.09. The fraction of sp³-hybridized carbons (Fsp3) is 0.0769. The number of hydrogen-bond donors (Lipinski definition) is 0. The first-order valence-corrected chi connectivity index (χ1v) is 14.7. The summed E-state index contributed by atoms with van der Waals surface area (Å²) in [6.07, 6.45) is 7.42. The topological polar surface area (TPSA) is 39.8 Å². The Morgan fingerprint density at radius 2 is 1.28 bits per heavy atom. The first-order chi connectivity index (χ1) is 21.1. The zero-order chi connectivity index (χ0) is 29.0. The van der Waals surface area contributed by atoms with Crippen LogP contribution in [0.3, 0.4) is 0 Å². The van der Waals surface area contributed by atoms with E-state index >= 15 is 0 Å². The molecule has 5 aromatic carbocycles. The van der Waals surface area contributed by atoms with Gasteiger partial charge < -0.3 is 4.57 Å². The summed E-state index contributed by atoms with van der Waals surface area (Å²) in [7, 11) is 0. The van der Waals surface area contributed by atoms with Crippen molar-refractivity contribution in [3.63, 3.8) is 0 Å². The van der Waals surface area contributed by atoms with Gasteiger partial charge in [-0.15, -0.1) is 0 Å². The maximum absolute atomic E-state index is 13.8. The maximum atomic E-state index is 13.8. The molecule has 0 saturated heterocycles. The summed E-state index contributed by atoms with van der Waals surface area (Å²) in [4.78, 5) is 18.9. The molecule has 0 amide bonds. The summed E-state index contributed by atoms with van der Waals surface area (Å²) in [5.41, 5.74) is 6.92. The van der Waals surface area contributed by atoms with E-state index < -0.39 is 5.41 Å². The molecule has 2 aromatic heterocycles. The molecule has 0 fully saturated rings. The first kappa shape index (κ1) is 25.2. The maximum Gasteiger partial charge on any atom is 0.265 e. The average molecular weight is 556 g/mol. The van der Waals surface area contributed by atoms with E-state index in [0.717, 1.165) is 29.1 Å². The predicted octanol–water partition coefficient (Wildman–Crippen LogP) is 8.78. The highest BCUT2D eigenvalue weighted by Gasteiger charge is 2.32. The standard InChI is InChI=1S/C39H29N3O/c1-39(38-40-34-18-10-8-17-32(34)37(43)42(38)30-14-6-3-7-15-30)24-22-27(23-25-39)28-20-21-36-33(26-28)31-16-9-11-19-35(31)41(36)29-12-4-2-5-13-29/h2-24,26H,25H2,1H3. The van der Waals surface area contributed by atoms with Crippen molar-refractivity contribution in [3.8, 4) is 11.4 Å². The Labute approximate surface area is 249 Å². The highest BCUT2D eigenvalue weighted by molar-refractivity contribution is 6.10. The monoisotopic (exact) mass is 555 g/mol. The van der Waals surface area contributed by atoms with E-state index in [1.54, 1.807) is 4.57 Å². The first-order valence-electron chi connectivity index (χ1n) is 14.7. The number of benzene rings is 5. The van der Waals surface area contributed by atoms with Gasteiger partial charge in [-0.05, 0) is 79.1 Å². The van der Waals surface area contributed by atoms with Crippen LogP contribution in [0.1, 0.15) is 24.7 Å². The van der Waals surface area contributed by atoms with Gasteiger partial charge in [-0.3, -0.25) is 9.36 Å². The van der Waals surface area contributed by atoms with Crippen LogP contribution in [0.2, 0.25) is 0 Å². The minimum Gasteiger partial charge on any atom is -0.309 e. The Kier molecular flexibility index (Phi) is 5.76. The number of rotatable bonds is 4. The second kappa shape index (κ2) is 9.81. The van der Waals surface area contributed by atoms with Gasteiger partial charge in [-0.1, -0.05) is 91.0 Å². The van der Waals surface area contributed by atoms with Gasteiger partial charge in [0, 0.05) is 21.9 Å². The van der Waals surface area contributed by atoms with Crippen LogP contribution in [0, 0.1) is 0 Å². The quantitative estimate of drug-likeness (QED) is 0.218. The third-order valence-electron chi connectivity index (χ3n) is 8.70. The van der Waals surface area contributed by atoms with Crippen LogP contribution in [0.5, 0.6) is 0 Å². The average Bonchev–Trinajstić information content (AvgIpc) is 3.39. The van der Waals surface area contributed by atoms with Gasteiger partial charge in [0.05, 0.1) is 27.6 Å². The number of fused-ring (bicyclic) bond motifs is 4. The molecule has 0 N–H and O–H groups in total. The van der Waals surface area contributed by atoms with E-state index in [1.165, 1.54) is 32.9 Å². The number of aromatic nitrogens is 3. The molecular formula is C39H29N3O. The van der Waals surface area contributed by atoms with E-state index in [2.05, 4.69) is 103 Å². The summed E-state index contributed by atoms with van der Waals surface area (Å²) in [5.74, 6) is 0.746. The van der Waals surface area contributed by atoms with E-state index in [4.69, 9.17) is 4.98 Å². The van der Waals surface area contributed by atoms with Crippen LogP contribution < -0.4 is 5.56 Å². The third-order valence-corrected chi connectivity index (χ3v) is 8.70. The molecule has 0 saturated carbocycles. The number of para-hydroxylation sites is 4. The van der Waals surface area contributed by atoms with Crippen molar-refractivity contribution in [2.24, 2.45) is 0 Å². The molecule has 2 heterocycles. The lowest BCUT2D eigenvalue weighted by atomic mass is 9.79.